The fraction of sp³-hybridized carbons (Fsp3) is 0.211. The van der Waals surface area contributed by atoms with Gasteiger partial charge < -0.3 is 24.1 Å². The van der Waals surface area contributed by atoms with Crippen LogP contribution in [-0.2, 0) is 4.79 Å². The SMILES string of the molecule is COc1ccc(C(=O)N/N=C(/C)c2cccc(OCC(=O)[O-])c2)cc1OC. The first-order chi connectivity index (χ1) is 12.9. The van der Waals surface area contributed by atoms with E-state index in [1.54, 1.807) is 49.4 Å². The van der Waals surface area contributed by atoms with Crippen LogP contribution in [0.2, 0.25) is 0 Å². The molecule has 0 saturated carbocycles. The van der Waals surface area contributed by atoms with Gasteiger partial charge in [-0.2, -0.15) is 5.10 Å². The summed E-state index contributed by atoms with van der Waals surface area (Å²) in [6, 6.07) is 11.4. The molecule has 1 N–H and O–H groups in total. The molecule has 0 aromatic heterocycles. The maximum Gasteiger partial charge on any atom is 0.271 e. The number of amides is 1. The summed E-state index contributed by atoms with van der Waals surface area (Å²) in [4.78, 5) is 22.7. The monoisotopic (exact) mass is 371 g/mol. The molecule has 2 rings (SSSR count). The van der Waals surface area contributed by atoms with Gasteiger partial charge in [0, 0.05) is 11.1 Å². The van der Waals surface area contributed by atoms with E-state index in [2.05, 4.69) is 10.5 Å². The zero-order valence-corrected chi connectivity index (χ0v) is 15.1. The standard InChI is InChI=1S/C19H20N2O6/c1-12(13-5-4-6-15(9-13)27-11-18(22)23)20-21-19(24)14-7-8-16(25-2)17(10-14)26-3/h4-10H,11H2,1-3H3,(H,21,24)(H,22,23)/p-1/b20-12-. The van der Waals surface area contributed by atoms with Crippen LogP contribution in [0.25, 0.3) is 0 Å². The summed E-state index contributed by atoms with van der Waals surface area (Å²) in [5.74, 6) is -0.421. The Hall–Kier alpha value is -3.55. The van der Waals surface area contributed by atoms with Crippen LogP contribution < -0.4 is 24.7 Å². The summed E-state index contributed by atoms with van der Waals surface area (Å²) in [6.07, 6.45) is 0. The van der Waals surface area contributed by atoms with Gasteiger partial charge in [0.25, 0.3) is 5.91 Å². The van der Waals surface area contributed by atoms with Crippen LogP contribution in [0.1, 0.15) is 22.8 Å². The fourth-order valence-electron chi connectivity index (χ4n) is 2.19. The van der Waals surface area contributed by atoms with Crippen molar-refractivity contribution in [2.45, 2.75) is 6.92 Å². The van der Waals surface area contributed by atoms with Crippen molar-refractivity contribution < 1.29 is 28.9 Å². The molecule has 27 heavy (non-hydrogen) atoms. The molecule has 8 heteroatoms. The Labute approximate surface area is 156 Å². The minimum absolute atomic E-state index is 0.357. The first-order valence-corrected chi connectivity index (χ1v) is 7.94. The molecule has 0 spiro atoms. The van der Waals surface area contributed by atoms with Crippen LogP contribution in [0.4, 0.5) is 0 Å². The Morgan fingerprint density at radius 3 is 2.44 bits per heavy atom. The summed E-state index contributed by atoms with van der Waals surface area (Å²) in [5, 5.41) is 14.5. The zero-order valence-electron chi connectivity index (χ0n) is 15.1. The number of methoxy groups -OCH3 is 2. The molecule has 0 unspecified atom stereocenters. The molecule has 0 aliphatic carbocycles. The minimum atomic E-state index is -1.31. The van der Waals surface area contributed by atoms with Gasteiger partial charge in [0.05, 0.1) is 25.9 Å². The zero-order chi connectivity index (χ0) is 19.8. The van der Waals surface area contributed by atoms with E-state index in [0.29, 0.717) is 34.1 Å². The van der Waals surface area contributed by atoms with E-state index in [-0.39, 0.29) is 0 Å². The maximum absolute atomic E-state index is 12.3. The highest BCUT2D eigenvalue weighted by atomic mass is 16.5. The summed E-state index contributed by atoms with van der Waals surface area (Å²) < 4.78 is 15.4. The highest BCUT2D eigenvalue weighted by molar-refractivity contribution is 6.01. The Kier molecular flexibility index (Phi) is 6.76. The van der Waals surface area contributed by atoms with Crippen molar-refractivity contribution >= 4 is 17.6 Å². The second kappa shape index (κ2) is 9.23. The highest BCUT2D eigenvalue weighted by Crippen LogP contribution is 2.27. The lowest BCUT2D eigenvalue weighted by molar-refractivity contribution is -0.307. The third kappa shape index (κ3) is 5.46. The van der Waals surface area contributed by atoms with Crippen LogP contribution in [0.5, 0.6) is 17.2 Å². The van der Waals surface area contributed by atoms with E-state index in [0.717, 1.165) is 0 Å². The van der Waals surface area contributed by atoms with Gasteiger partial charge in [-0.1, -0.05) is 12.1 Å². The van der Waals surface area contributed by atoms with Gasteiger partial charge in [0.15, 0.2) is 11.5 Å². The minimum Gasteiger partial charge on any atom is -0.546 e. The largest absolute Gasteiger partial charge is 0.546 e. The van der Waals surface area contributed by atoms with Crippen molar-refractivity contribution in [3.05, 3.63) is 53.6 Å². The number of nitrogens with one attached hydrogen (secondary N) is 1. The smallest absolute Gasteiger partial charge is 0.271 e. The van der Waals surface area contributed by atoms with Gasteiger partial charge in [-0.25, -0.2) is 5.43 Å². The number of hydrogen-bond acceptors (Lipinski definition) is 7. The number of hydrogen-bond donors (Lipinski definition) is 1. The lowest BCUT2D eigenvalue weighted by Gasteiger charge is -2.10. The number of carbonyl (C=O) groups excluding carboxylic acids is 2. The average molecular weight is 371 g/mol. The molecule has 2 aromatic rings. The van der Waals surface area contributed by atoms with Crippen LogP contribution in [0.3, 0.4) is 0 Å². The first-order valence-electron chi connectivity index (χ1n) is 7.94. The van der Waals surface area contributed by atoms with E-state index in [9.17, 15) is 14.7 Å². The van der Waals surface area contributed by atoms with Crippen LogP contribution in [0, 0.1) is 0 Å². The maximum atomic E-state index is 12.3. The number of rotatable bonds is 8. The quantitative estimate of drug-likeness (QED) is 0.547. The fourth-order valence-corrected chi connectivity index (χ4v) is 2.19. The van der Waals surface area contributed by atoms with Crippen molar-refractivity contribution in [3.8, 4) is 17.2 Å². The van der Waals surface area contributed by atoms with Gasteiger partial charge in [-0.05, 0) is 37.3 Å². The molecular weight excluding hydrogens is 352 g/mol. The molecule has 1 amide bonds. The number of ether oxygens (including phenoxy) is 3. The number of benzene rings is 2. The van der Waals surface area contributed by atoms with Gasteiger partial charge in [0.2, 0.25) is 0 Å². The molecule has 0 fully saturated rings. The van der Waals surface area contributed by atoms with Crippen molar-refractivity contribution in [1.29, 1.82) is 0 Å². The molecule has 0 saturated heterocycles. The van der Waals surface area contributed by atoms with Crippen molar-refractivity contribution in [3.63, 3.8) is 0 Å². The van der Waals surface area contributed by atoms with Crippen molar-refractivity contribution in [2.75, 3.05) is 20.8 Å². The molecule has 0 aliphatic heterocycles. The van der Waals surface area contributed by atoms with E-state index in [1.807, 2.05) is 0 Å². The van der Waals surface area contributed by atoms with Crippen LogP contribution >= 0.6 is 0 Å². The van der Waals surface area contributed by atoms with Gasteiger partial charge >= 0.3 is 0 Å². The number of carboxylic acids is 1. The molecule has 0 atom stereocenters. The third-order valence-electron chi connectivity index (χ3n) is 3.58. The lowest BCUT2D eigenvalue weighted by Crippen LogP contribution is -2.28. The van der Waals surface area contributed by atoms with Gasteiger partial charge in [0.1, 0.15) is 12.4 Å². The molecule has 2 aromatic carbocycles. The average Bonchev–Trinajstić information content (AvgIpc) is 2.69. The normalized spacial score (nSPS) is 10.9. The van der Waals surface area contributed by atoms with Crippen molar-refractivity contribution in [2.24, 2.45) is 5.10 Å². The molecule has 0 aliphatic rings. The number of nitrogens with zero attached hydrogens (tertiary/aromatic N) is 1. The number of hydrazone groups is 1. The summed E-state index contributed by atoms with van der Waals surface area (Å²) >= 11 is 0. The number of carboxylic acid groups (broad SMARTS) is 1. The third-order valence-corrected chi connectivity index (χ3v) is 3.58. The molecular formula is C19H19N2O6-. The van der Waals surface area contributed by atoms with E-state index in [4.69, 9.17) is 14.2 Å². The van der Waals surface area contributed by atoms with Crippen molar-refractivity contribution in [1.82, 2.24) is 5.43 Å². The highest BCUT2D eigenvalue weighted by Gasteiger charge is 2.10. The van der Waals surface area contributed by atoms with Crippen LogP contribution in [0.15, 0.2) is 47.6 Å². The second-order valence-electron chi connectivity index (χ2n) is 5.40. The predicted octanol–water partition coefficient (Wildman–Crippen LogP) is 0.986. The summed E-state index contributed by atoms with van der Waals surface area (Å²) in [5.41, 5.74) is 4.00. The molecule has 0 heterocycles. The van der Waals surface area contributed by atoms with Gasteiger partial charge in [-0.3, -0.25) is 4.79 Å². The predicted molar refractivity (Wildman–Crippen MR) is 96.2 cm³/mol. The van der Waals surface area contributed by atoms with Gasteiger partial charge in [-0.15, -0.1) is 0 Å². The topological polar surface area (TPSA) is 109 Å². The van der Waals surface area contributed by atoms with E-state index < -0.39 is 18.5 Å². The lowest BCUT2D eigenvalue weighted by atomic mass is 10.1. The van der Waals surface area contributed by atoms with E-state index >= 15 is 0 Å². The molecule has 8 nitrogen and oxygen atoms in total. The number of aliphatic carboxylic acids is 1. The molecule has 0 bridgehead atoms. The Morgan fingerprint density at radius 2 is 1.78 bits per heavy atom. The molecule has 0 radical (unpaired) electrons. The Bertz CT molecular complexity index is 863. The van der Waals surface area contributed by atoms with Crippen LogP contribution in [-0.4, -0.2) is 38.4 Å². The molecule has 142 valence electrons. The van der Waals surface area contributed by atoms with E-state index in [1.165, 1.54) is 14.2 Å². The Morgan fingerprint density at radius 1 is 1.04 bits per heavy atom. The first kappa shape index (κ1) is 19.8. The summed E-state index contributed by atoms with van der Waals surface area (Å²) in [6.45, 7) is 1.16. The Balaban J connectivity index is 2.09. The number of carbonyl (C=O) groups is 2. The summed E-state index contributed by atoms with van der Waals surface area (Å²) in [7, 11) is 2.99. The second-order valence-corrected chi connectivity index (χ2v) is 5.40.